The summed E-state index contributed by atoms with van der Waals surface area (Å²) in [4.78, 5) is 14.8. The normalized spacial score (nSPS) is 15.8. The van der Waals surface area contributed by atoms with Crippen molar-refractivity contribution in [3.8, 4) is 5.75 Å². The summed E-state index contributed by atoms with van der Waals surface area (Å²) in [6.07, 6.45) is -0.527. The van der Waals surface area contributed by atoms with Gasteiger partial charge in [0.05, 0.1) is 26.2 Å². The highest BCUT2D eigenvalue weighted by atomic mass is 35.5. The topological polar surface area (TPSA) is 66.2 Å². The Hall–Kier alpha value is -2.28. The van der Waals surface area contributed by atoms with E-state index in [-0.39, 0.29) is 12.5 Å². The average Bonchev–Trinajstić information content (AvgIpc) is 2.70. The van der Waals surface area contributed by atoms with Crippen LogP contribution in [-0.2, 0) is 4.79 Å². The molecule has 0 aliphatic carbocycles. The predicted molar refractivity (Wildman–Crippen MR) is 116 cm³/mol. The lowest BCUT2D eigenvalue weighted by Gasteiger charge is -2.34. The van der Waals surface area contributed by atoms with E-state index in [1.165, 1.54) is 11.8 Å². The maximum Gasteiger partial charge on any atom is 0.221 e. The first kappa shape index (κ1) is 21.4. The summed E-state index contributed by atoms with van der Waals surface area (Å²) in [5, 5.41) is 13.9. The number of amides is 1. The van der Waals surface area contributed by atoms with Crippen LogP contribution in [0.4, 0.5) is 11.4 Å². The molecule has 0 radical (unpaired) electrons. The number of anilines is 2. The maximum atomic E-state index is 11.0. The first-order valence-electron chi connectivity index (χ1n) is 9.94. The molecule has 3 rings (SSSR count). The molecule has 0 spiro atoms. The fourth-order valence-corrected chi connectivity index (χ4v) is 3.66. The van der Waals surface area contributed by atoms with Crippen molar-refractivity contribution in [2.24, 2.45) is 0 Å². The first-order chi connectivity index (χ1) is 13.9. The summed E-state index contributed by atoms with van der Waals surface area (Å²) in [6.45, 7) is 8.20. The van der Waals surface area contributed by atoms with Crippen LogP contribution < -0.4 is 19.9 Å². The zero-order valence-electron chi connectivity index (χ0n) is 17.0. The number of aliphatic hydroxyl groups excluding tert-OH is 1. The molecule has 1 saturated heterocycles. The summed E-state index contributed by atoms with van der Waals surface area (Å²) in [7, 11) is 0. The van der Waals surface area contributed by atoms with Crippen molar-refractivity contribution >= 4 is 28.9 Å². The Balaban J connectivity index is 1.40. The predicted octanol–water partition coefficient (Wildman–Crippen LogP) is 1.75. The van der Waals surface area contributed by atoms with Crippen molar-refractivity contribution in [1.82, 2.24) is 0 Å². The van der Waals surface area contributed by atoms with Crippen LogP contribution in [0.5, 0.6) is 5.75 Å². The summed E-state index contributed by atoms with van der Waals surface area (Å²) in [5.41, 5.74) is 2.97. The first-order valence-corrected chi connectivity index (χ1v) is 10.3. The second-order valence-corrected chi connectivity index (χ2v) is 7.95. The van der Waals surface area contributed by atoms with Crippen molar-refractivity contribution in [1.29, 1.82) is 0 Å². The van der Waals surface area contributed by atoms with Crippen LogP contribution in [0.25, 0.3) is 0 Å². The number of hydrogen-bond acceptors (Lipinski definition) is 4. The molecule has 2 aromatic carbocycles. The highest BCUT2D eigenvalue weighted by molar-refractivity contribution is 6.31. The van der Waals surface area contributed by atoms with E-state index in [1.54, 1.807) is 24.3 Å². The van der Waals surface area contributed by atoms with Gasteiger partial charge in [0.2, 0.25) is 5.91 Å². The van der Waals surface area contributed by atoms with Crippen molar-refractivity contribution in [2.75, 3.05) is 49.5 Å². The third-order valence-corrected chi connectivity index (χ3v) is 5.54. The third kappa shape index (κ3) is 6.35. The molecular formula is C22H29ClN3O3+. The molecule has 1 aliphatic rings. The number of benzene rings is 2. The van der Waals surface area contributed by atoms with Gasteiger partial charge in [0.15, 0.2) is 0 Å². The zero-order valence-corrected chi connectivity index (χ0v) is 17.7. The van der Waals surface area contributed by atoms with Crippen LogP contribution in [-0.4, -0.2) is 56.4 Å². The largest absolute Gasteiger partial charge is 0.491 e. The summed E-state index contributed by atoms with van der Waals surface area (Å²) >= 11 is 6.25. The van der Waals surface area contributed by atoms with E-state index in [0.29, 0.717) is 12.3 Å². The molecule has 1 amide bonds. The lowest BCUT2D eigenvalue weighted by Crippen LogP contribution is -3.16. The van der Waals surface area contributed by atoms with Crippen LogP contribution in [0.2, 0.25) is 5.02 Å². The SMILES string of the molecule is CC(=O)Nc1ccc(OC[C@H](O)C[NH+]2CCN(c3ccc(C)c(Cl)c3)CC2)cc1. The van der Waals surface area contributed by atoms with Gasteiger partial charge in [-0.25, -0.2) is 0 Å². The minimum Gasteiger partial charge on any atom is -0.491 e. The molecule has 29 heavy (non-hydrogen) atoms. The fraction of sp³-hybridized carbons (Fsp3) is 0.409. The number of carbonyl (C=O) groups is 1. The highest BCUT2D eigenvalue weighted by Gasteiger charge is 2.23. The second kappa shape index (κ2) is 9.96. The van der Waals surface area contributed by atoms with Gasteiger partial charge in [-0.1, -0.05) is 17.7 Å². The van der Waals surface area contributed by atoms with E-state index in [4.69, 9.17) is 16.3 Å². The second-order valence-electron chi connectivity index (χ2n) is 7.55. The lowest BCUT2D eigenvalue weighted by molar-refractivity contribution is -0.903. The molecule has 156 valence electrons. The number of nitrogens with zero attached hydrogens (tertiary/aromatic N) is 1. The molecule has 0 aromatic heterocycles. The van der Waals surface area contributed by atoms with Gasteiger partial charge in [-0.2, -0.15) is 0 Å². The number of aliphatic hydroxyl groups is 1. The number of hydrogen-bond donors (Lipinski definition) is 3. The summed E-state index contributed by atoms with van der Waals surface area (Å²) in [5.74, 6) is 0.567. The molecule has 1 aliphatic heterocycles. The molecule has 7 heteroatoms. The van der Waals surface area contributed by atoms with Gasteiger partial charge >= 0.3 is 0 Å². The van der Waals surface area contributed by atoms with Crippen LogP contribution >= 0.6 is 11.6 Å². The number of quaternary nitrogens is 1. The molecule has 2 aromatic rings. The molecule has 0 unspecified atom stereocenters. The molecule has 6 nitrogen and oxygen atoms in total. The van der Waals surface area contributed by atoms with E-state index in [2.05, 4.69) is 22.3 Å². The van der Waals surface area contributed by atoms with Gasteiger partial charge in [-0.15, -0.1) is 0 Å². The van der Waals surface area contributed by atoms with Gasteiger partial charge in [0, 0.05) is 23.3 Å². The number of aryl methyl sites for hydroxylation is 1. The number of ether oxygens (including phenoxy) is 1. The Bertz CT molecular complexity index is 821. The van der Waals surface area contributed by atoms with Gasteiger partial charge in [-0.3, -0.25) is 4.79 Å². The Labute approximate surface area is 177 Å². The van der Waals surface area contributed by atoms with Gasteiger partial charge < -0.3 is 25.0 Å². The maximum absolute atomic E-state index is 11.0. The zero-order chi connectivity index (χ0) is 20.8. The van der Waals surface area contributed by atoms with Crippen molar-refractivity contribution in [3.63, 3.8) is 0 Å². The van der Waals surface area contributed by atoms with Crippen molar-refractivity contribution < 1.29 is 19.5 Å². The Morgan fingerprint density at radius 3 is 2.55 bits per heavy atom. The highest BCUT2D eigenvalue weighted by Crippen LogP contribution is 2.23. The number of halogens is 1. The van der Waals surface area contributed by atoms with Crippen LogP contribution in [0, 0.1) is 6.92 Å². The Morgan fingerprint density at radius 1 is 1.24 bits per heavy atom. The standard InChI is InChI=1S/C22H28ClN3O3/c1-16-3-6-19(13-22(16)23)26-11-9-25(10-12-26)14-20(28)15-29-21-7-4-18(5-8-21)24-17(2)27/h3-8,13,20,28H,9-12,14-15H2,1-2H3,(H,24,27)/p+1/t20-/m1/s1. The third-order valence-electron chi connectivity index (χ3n) is 5.13. The van der Waals surface area contributed by atoms with E-state index in [9.17, 15) is 9.90 Å². The van der Waals surface area contributed by atoms with Crippen LogP contribution in [0.15, 0.2) is 42.5 Å². The van der Waals surface area contributed by atoms with Gasteiger partial charge in [0.1, 0.15) is 25.0 Å². The monoisotopic (exact) mass is 418 g/mol. The van der Waals surface area contributed by atoms with Crippen LogP contribution in [0.3, 0.4) is 0 Å². The molecule has 0 bridgehead atoms. The van der Waals surface area contributed by atoms with E-state index >= 15 is 0 Å². The molecule has 1 fully saturated rings. The minimum absolute atomic E-state index is 0.109. The van der Waals surface area contributed by atoms with Gasteiger partial charge in [0.25, 0.3) is 0 Å². The molecular weight excluding hydrogens is 390 g/mol. The van der Waals surface area contributed by atoms with E-state index < -0.39 is 6.10 Å². The van der Waals surface area contributed by atoms with E-state index in [1.807, 2.05) is 13.0 Å². The smallest absolute Gasteiger partial charge is 0.221 e. The number of nitrogens with one attached hydrogen (secondary N) is 2. The number of rotatable bonds is 7. The summed E-state index contributed by atoms with van der Waals surface area (Å²) < 4.78 is 5.68. The van der Waals surface area contributed by atoms with Crippen molar-refractivity contribution in [3.05, 3.63) is 53.1 Å². The summed E-state index contributed by atoms with van der Waals surface area (Å²) in [6, 6.07) is 13.3. The molecule has 1 atom stereocenters. The fourth-order valence-electron chi connectivity index (χ4n) is 3.49. The van der Waals surface area contributed by atoms with Crippen LogP contribution in [0.1, 0.15) is 12.5 Å². The minimum atomic E-state index is -0.527. The van der Waals surface area contributed by atoms with Crippen molar-refractivity contribution in [2.45, 2.75) is 20.0 Å². The lowest BCUT2D eigenvalue weighted by atomic mass is 10.2. The Morgan fingerprint density at radius 2 is 1.93 bits per heavy atom. The average molecular weight is 419 g/mol. The Kier molecular flexibility index (Phi) is 7.36. The molecule has 0 saturated carbocycles. The number of carbonyl (C=O) groups excluding carboxylic acids is 1. The quantitative estimate of drug-likeness (QED) is 0.641. The molecule has 1 heterocycles. The van der Waals surface area contributed by atoms with E-state index in [0.717, 1.165) is 48.1 Å². The van der Waals surface area contributed by atoms with Gasteiger partial charge in [-0.05, 0) is 48.9 Å². The number of piperazine rings is 1. The molecule has 3 N–H and O–H groups in total.